The first-order valence-corrected chi connectivity index (χ1v) is 7.70. The lowest BCUT2D eigenvalue weighted by atomic mass is 10.0. The van der Waals surface area contributed by atoms with E-state index in [1.807, 2.05) is 59.5 Å². The zero-order chi connectivity index (χ0) is 15.2. The van der Waals surface area contributed by atoms with Gasteiger partial charge in [0.25, 0.3) is 0 Å². The van der Waals surface area contributed by atoms with Gasteiger partial charge in [-0.15, -0.1) is 0 Å². The molecule has 0 aliphatic heterocycles. The highest BCUT2D eigenvalue weighted by atomic mass is 79.9. The van der Waals surface area contributed by atoms with Gasteiger partial charge in [0.2, 0.25) is 0 Å². The molecule has 2 aromatic rings. The molecule has 1 N–H and O–H groups in total. The highest BCUT2D eigenvalue weighted by Crippen LogP contribution is 2.30. The minimum Gasteiger partial charge on any atom is -0.480 e. The Labute approximate surface area is 133 Å². The minimum absolute atomic E-state index is 0.0153. The molecule has 0 spiro atoms. The average Bonchev–Trinajstić information content (AvgIpc) is 2.49. The molecule has 2 rings (SSSR count). The fourth-order valence-corrected chi connectivity index (χ4v) is 2.73. The maximum Gasteiger partial charge on any atom is 0.323 e. The van der Waals surface area contributed by atoms with Crippen LogP contribution in [0.5, 0.6) is 0 Å². The lowest BCUT2D eigenvalue weighted by molar-refractivity contribution is -0.135. The number of rotatable bonds is 6. The van der Waals surface area contributed by atoms with E-state index < -0.39 is 5.97 Å². The van der Waals surface area contributed by atoms with Gasteiger partial charge in [-0.25, -0.2) is 0 Å². The molecule has 1 atom stereocenters. The molecule has 0 bridgehead atoms. The summed E-state index contributed by atoms with van der Waals surface area (Å²) in [4.78, 5) is 13.2. The highest BCUT2D eigenvalue weighted by Gasteiger charge is 2.21. The van der Waals surface area contributed by atoms with Gasteiger partial charge in [0, 0.05) is 10.2 Å². The van der Waals surface area contributed by atoms with Crippen molar-refractivity contribution in [2.24, 2.45) is 0 Å². The van der Waals surface area contributed by atoms with Crippen LogP contribution < -0.4 is 4.90 Å². The van der Waals surface area contributed by atoms with E-state index in [4.69, 9.17) is 0 Å². The SMILES string of the molecule is CCC(c1ccc(Br)cc1)N(CC(=O)O)c1ccccc1. The number of nitrogens with zero attached hydrogens (tertiary/aromatic N) is 1. The summed E-state index contributed by atoms with van der Waals surface area (Å²) >= 11 is 3.43. The minimum atomic E-state index is -0.825. The standard InChI is InChI=1S/C17H18BrNO2/c1-2-16(13-8-10-14(18)11-9-13)19(12-17(20)21)15-6-4-3-5-7-15/h3-11,16H,2,12H2,1H3,(H,20,21). The number of hydrogen-bond donors (Lipinski definition) is 1. The molecule has 3 nitrogen and oxygen atoms in total. The first-order valence-electron chi connectivity index (χ1n) is 6.90. The van der Waals surface area contributed by atoms with Crippen molar-refractivity contribution in [1.82, 2.24) is 0 Å². The van der Waals surface area contributed by atoms with Crippen LogP contribution in [-0.4, -0.2) is 17.6 Å². The first-order chi connectivity index (χ1) is 10.1. The monoisotopic (exact) mass is 347 g/mol. The maximum atomic E-state index is 11.2. The molecule has 1 unspecified atom stereocenters. The van der Waals surface area contributed by atoms with Crippen LogP contribution in [-0.2, 0) is 4.79 Å². The Morgan fingerprint density at radius 1 is 1.14 bits per heavy atom. The van der Waals surface area contributed by atoms with E-state index in [1.165, 1.54) is 0 Å². The molecule has 0 aliphatic rings. The number of benzene rings is 2. The molecule has 0 fully saturated rings. The third kappa shape index (κ3) is 4.08. The number of anilines is 1. The van der Waals surface area contributed by atoms with Crippen LogP contribution in [0.15, 0.2) is 59.1 Å². The van der Waals surface area contributed by atoms with Crippen LogP contribution in [0.1, 0.15) is 24.9 Å². The average molecular weight is 348 g/mol. The molecule has 2 aromatic carbocycles. The van der Waals surface area contributed by atoms with E-state index >= 15 is 0 Å². The first kappa shape index (κ1) is 15.6. The predicted octanol–water partition coefficient (Wildman–Crippen LogP) is 4.49. The van der Waals surface area contributed by atoms with Crippen LogP contribution in [0.2, 0.25) is 0 Å². The van der Waals surface area contributed by atoms with Crippen molar-refractivity contribution in [3.8, 4) is 0 Å². The van der Waals surface area contributed by atoms with Gasteiger partial charge in [0.1, 0.15) is 6.54 Å². The van der Waals surface area contributed by atoms with Crippen molar-refractivity contribution in [3.05, 3.63) is 64.6 Å². The lowest BCUT2D eigenvalue weighted by Crippen LogP contribution is -2.33. The summed E-state index contributed by atoms with van der Waals surface area (Å²) < 4.78 is 1.02. The molecule has 0 amide bonds. The van der Waals surface area contributed by atoms with Crippen molar-refractivity contribution in [2.45, 2.75) is 19.4 Å². The quantitative estimate of drug-likeness (QED) is 0.836. The number of para-hydroxylation sites is 1. The fraction of sp³-hybridized carbons (Fsp3) is 0.235. The second kappa shape index (κ2) is 7.27. The Kier molecular flexibility index (Phi) is 5.39. The second-order valence-corrected chi connectivity index (χ2v) is 5.75. The molecule has 0 saturated carbocycles. The molecule has 0 aliphatic carbocycles. The Balaban J connectivity index is 2.37. The molecular weight excluding hydrogens is 330 g/mol. The summed E-state index contributed by atoms with van der Waals surface area (Å²) in [6.07, 6.45) is 0.837. The third-order valence-electron chi connectivity index (χ3n) is 3.41. The summed E-state index contributed by atoms with van der Waals surface area (Å²) in [5.41, 5.74) is 2.04. The summed E-state index contributed by atoms with van der Waals surface area (Å²) in [7, 11) is 0. The van der Waals surface area contributed by atoms with E-state index in [0.29, 0.717) is 0 Å². The number of hydrogen-bond acceptors (Lipinski definition) is 2. The van der Waals surface area contributed by atoms with E-state index in [1.54, 1.807) is 0 Å². The molecule has 21 heavy (non-hydrogen) atoms. The number of carboxylic acid groups (broad SMARTS) is 1. The molecule has 0 saturated heterocycles. The van der Waals surface area contributed by atoms with Gasteiger partial charge in [-0.2, -0.15) is 0 Å². The Bertz CT molecular complexity index is 583. The Hall–Kier alpha value is -1.81. The smallest absolute Gasteiger partial charge is 0.323 e. The van der Waals surface area contributed by atoms with E-state index in [2.05, 4.69) is 22.9 Å². The van der Waals surface area contributed by atoms with E-state index in [-0.39, 0.29) is 12.6 Å². The molecule has 0 radical (unpaired) electrons. The highest BCUT2D eigenvalue weighted by molar-refractivity contribution is 9.10. The predicted molar refractivity (Wildman–Crippen MR) is 88.6 cm³/mol. The molecular formula is C17H18BrNO2. The molecule has 110 valence electrons. The van der Waals surface area contributed by atoms with Crippen molar-refractivity contribution in [3.63, 3.8) is 0 Å². The number of aliphatic carboxylic acids is 1. The molecule has 0 aromatic heterocycles. The van der Waals surface area contributed by atoms with Gasteiger partial charge in [0.15, 0.2) is 0 Å². The van der Waals surface area contributed by atoms with Gasteiger partial charge < -0.3 is 10.0 Å². The van der Waals surface area contributed by atoms with Crippen LogP contribution in [0.4, 0.5) is 5.69 Å². The molecule has 0 heterocycles. The van der Waals surface area contributed by atoms with E-state index in [0.717, 1.165) is 22.1 Å². The van der Waals surface area contributed by atoms with Crippen LogP contribution in [0.3, 0.4) is 0 Å². The van der Waals surface area contributed by atoms with Gasteiger partial charge in [-0.1, -0.05) is 53.2 Å². The van der Waals surface area contributed by atoms with Crippen LogP contribution in [0.25, 0.3) is 0 Å². The maximum absolute atomic E-state index is 11.2. The van der Waals surface area contributed by atoms with Gasteiger partial charge in [-0.3, -0.25) is 4.79 Å². The summed E-state index contributed by atoms with van der Waals surface area (Å²) in [5, 5.41) is 9.23. The number of carbonyl (C=O) groups is 1. The topological polar surface area (TPSA) is 40.5 Å². The summed E-state index contributed by atoms with van der Waals surface area (Å²) in [6.45, 7) is 2.06. The zero-order valence-electron chi connectivity index (χ0n) is 11.9. The van der Waals surface area contributed by atoms with Crippen molar-refractivity contribution in [1.29, 1.82) is 0 Å². The van der Waals surface area contributed by atoms with Crippen LogP contribution in [0, 0.1) is 0 Å². The van der Waals surface area contributed by atoms with E-state index in [9.17, 15) is 9.90 Å². The second-order valence-electron chi connectivity index (χ2n) is 4.83. The Morgan fingerprint density at radius 3 is 2.29 bits per heavy atom. The van der Waals surface area contributed by atoms with Gasteiger partial charge in [0.05, 0.1) is 6.04 Å². The van der Waals surface area contributed by atoms with Gasteiger partial charge >= 0.3 is 5.97 Å². The van der Waals surface area contributed by atoms with Crippen LogP contribution >= 0.6 is 15.9 Å². The zero-order valence-corrected chi connectivity index (χ0v) is 13.5. The summed E-state index contributed by atoms with van der Waals surface area (Å²) in [6, 6.07) is 17.8. The van der Waals surface area contributed by atoms with Crippen molar-refractivity contribution >= 4 is 27.6 Å². The number of carboxylic acids is 1. The van der Waals surface area contributed by atoms with Gasteiger partial charge in [-0.05, 0) is 36.2 Å². The largest absolute Gasteiger partial charge is 0.480 e. The normalized spacial score (nSPS) is 11.9. The van der Waals surface area contributed by atoms with Crippen molar-refractivity contribution in [2.75, 3.05) is 11.4 Å². The van der Waals surface area contributed by atoms with Crippen molar-refractivity contribution < 1.29 is 9.90 Å². The summed E-state index contributed by atoms with van der Waals surface area (Å²) in [5.74, 6) is -0.825. The number of halogens is 1. The molecule has 4 heteroatoms. The Morgan fingerprint density at radius 2 is 1.76 bits per heavy atom. The third-order valence-corrected chi connectivity index (χ3v) is 3.94. The fourth-order valence-electron chi connectivity index (χ4n) is 2.47. The lowest BCUT2D eigenvalue weighted by Gasteiger charge is -2.32.